The van der Waals surface area contributed by atoms with Crippen LogP contribution in [0.2, 0.25) is 0 Å². The highest BCUT2D eigenvalue weighted by atomic mass is 32.2. The van der Waals surface area contributed by atoms with Gasteiger partial charge >= 0.3 is 0 Å². The lowest BCUT2D eigenvalue weighted by Crippen LogP contribution is -2.19. The van der Waals surface area contributed by atoms with Crippen LogP contribution in [0.5, 0.6) is 5.75 Å². The van der Waals surface area contributed by atoms with Crippen molar-refractivity contribution in [2.75, 3.05) is 12.4 Å². The number of benzene rings is 1. The van der Waals surface area contributed by atoms with Crippen molar-refractivity contribution in [2.45, 2.75) is 12.1 Å². The number of nitrogens with one attached hydrogen (secondary N) is 1. The van der Waals surface area contributed by atoms with E-state index in [1.165, 1.54) is 11.8 Å². The molecule has 1 heterocycles. The summed E-state index contributed by atoms with van der Waals surface area (Å²) in [5.74, 6) is 0.813. The first kappa shape index (κ1) is 16.0. The smallest absolute Gasteiger partial charge is 0.250 e. The zero-order chi connectivity index (χ0) is 15.6. The summed E-state index contributed by atoms with van der Waals surface area (Å²) in [4.78, 5) is 19.7. The van der Waals surface area contributed by atoms with Crippen molar-refractivity contribution < 1.29 is 9.53 Å². The molecule has 1 aromatic heterocycles. The fraction of sp³-hybridized carbons (Fsp3) is 0.200. The summed E-state index contributed by atoms with van der Waals surface area (Å²) in [7, 11) is 0. The van der Waals surface area contributed by atoms with Gasteiger partial charge in [-0.3, -0.25) is 4.79 Å². The van der Waals surface area contributed by atoms with Crippen LogP contribution in [0, 0.1) is 0 Å². The van der Waals surface area contributed by atoms with Crippen molar-refractivity contribution in [1.82, 2.24) is 15.4 Å². The fourth-order valence-corrected chi connectivity index (χ4v) is 2.11. The number of hydrogen-bond acceptors (Lipinski definition) is 6. The standard InChI is InChI=1S/C15H16N4O2S/c1-2-21-13-6-4-12(5-7-13)10-18-19-14(20)11-22-15-16-8-3-9-17-15/h3-10H,2,11H2,1H3,(H,19,20)/b18-10+. The first-order chi connectivity index (χ1) is 10.8. The fourth-order valence-electron chi connectivity index (χ4n) is 1.52. The monoisotopic (exact) mass is 316 g/mol. The highest BCUT2D eigenvalue weighted by Crippen LogP contribution is 2.11. The molecule has 0 aliphatic carbocycles. The third-order valence-electron chi connectivity index (χ3n) is 2.47. The summed E-state index contributed by atoms with van der Waals surface area (Å²) >= 11 is 1.26. The van der Waals surface area contributed by atoms with Crippen molar-refractivity contribution in [2.24, 2.45) is 5.10 Å². The maximum atomic E-state index is 11.6. The third-order valence-corrected chi connectivity index (χ3v) is 3.34. The zero-order valence-corrected chi connectivity index (χ0v) is 12.9. The number of thioether (sulfide) groups is 1. The Morgan fingerprint density at radius 1 is 1.32 bits per heavy atom. The van der Waals surface area contributed by atoms with Gasteiger partial charge in [0, 0.05) is 12.4 Å². The van der Waals surface area contributed by atoms with Gasteiger partial charge in [-0.25, -0.2) is 15.4 Å². The topological polar surface area (TPSA) is 76.5 Å². The van der Waals surface area contributed by atoms with Crippen molar-refractivity contribution in [1.29, 1.82) is 0 Å². The van der Waals surface area contributed by atoms with Gasteiger partial charge in [0.2, 0.25) is 0 Å². The van der Waals surface area contributed by atoms with Crippen molar-refractivity contribution in [3.8, 4) is 5.75 Å². The second kappa shape index (κ2) is 8.78. The Morgan fingerprint density at radius 3 is 2.73 bits per heavy atom. The van der Waals surface area contributed by atoms with Crippen LogP contribution in [0.1, 0.15) is 12.5 Å². The minimum Gasteiger partial charge on any atom is -0.494 e. The Labute approximate surface area is 133 Å². The number of nitrogens with zero attached hydrogens (tertiary/aromatic N) is 3. The Bertz CT molecular complexity index is 617. The van der Waals surface area contributed by atoms with Crippen LogP contribution in [-0.4, -0.2) is 34.4 Å². The highest BCUT2D eigenvalue weighted by molar-refractivity contribution is 7.99. The zero-order valence-electron chi connectivity index (χ0n) is 12.1. The van der Waals surface area contributed by atoms with E-state index in [0.29, 0.717) is 11.8 Å². The maximum Gasteiger partial charge on any atom is 0.250 e. The first-order valence-electron chi connectivity index (χ1n) is 6.72. The summed E-state index contributed by atoms with van der Waals surface area (Å²) < 4.78 is 5.35. The van der Waals surface area contributed by atoms with Crippen LogP contribution in [0.4, 0.5) is 0 Å². The van der Waals surface area contributed by atoms with E-state index < -0.39 is 0 Å². The van der Waals surface area contributed by atoms with E-state index in [4.69, 9.17) is 4.74 Å². The van der Waals surface area contributed by atoms with Gasteiger partial charge in [0.05, 0.1) is 18.6 Å². The number of amides is 1. The quantitative estimate of drug-likeness (QED) is 0.366. The maximum absolute atomic E-state index is 11.6. The average molecular weight is 316 g/mol. The molecule has 7 heteroatoms. The predicted octanol–water partition coefficient (Wildman–Crippen LogP) is 2.12. The Balaban J connectivity index is 1.75. The molecule has 0 aliphatic heterocycles. The molecule has 114 valence electrons. The summed E-state index contributed by atoms with van der Waals surface area (Å²) in [6.07, 6.45) is 4.85. The number of rotatable bonds is 7. The third kappa shape index (κ3) is 5.53. The molecule has 6 nitrogen and oxygen atoms in total. The largest absolute Gasteiger partial charge is 0.494 e. The van der Waals surface area contributed by atoms with Gasteiger partial charge in [-0.2, -0.15) is 5.10 Å². The molecule has 22 heavy (non-hydrogen) atoms. The van der Waals surface area contributed by atoms with Crippen LogP contribution < -0.4 is 10.2 Å². The molecule has 1 N–H and O–H groups in total. The minimum absolute atomic E-state index is 0.209. The summed E-state index contributed by atoms with van der Waals surface area (Å²) in [5.41, 5.74) is 3.34. The second-order valence-electron chi connectivity index (χ2n) is 4.12. The van der Waals surface area contributed by atoms with E-state index in [9.17, 15) is 4.79 Å². The molecule has 0 radical (unpaired) electrons. The van der Waals surface area contributed by atoms with Crippen molar-refractivity contribution >= 4 is 23.9 Å². The Morgan fingerprint density at radius 2 is 2.05 bits per heavy atom. The highest BCUT2D eigenvalue weighted by Gasteiger charge is 2.02. The number of ether oxygens (including phenoxy) is 1. The van der Waals surface area contributed by atoms with Crippen molar-refractivity contribution in [3.63, 3.8) is 0 Å². The van der Waals surface area contributed by atoms with E-state index in [1.54, 1.807) is 24.7 Å². The molecule has 0 bridgehead atoms. The van der Waals surface area contributed by atoms with Gasteiger partial charge in [-0.05, 0) is 42.8 Å². The minimum atomic E-state index is -0.209. The van der Waals surface area contributed by atoms with Crippen LogP contribution in [0.15, 0.2) is 53.0 Å². The van der Waals surface area contributed by atoms with Gasteiger partial charge in [0.15, 0.2) is 5.16 Å². The molecule has 0 unspecified atom stereocenters. The molecule has 1 aromatic carbocycles. The second-order valence-corrected chi connectivity index (χ2v) is 5.06. The molecule has 0 saturated carbocycles. The summed E-state index contributed by atoms with van der Waals surface area (Å²) in [6.45, 7) is 2.57. The summed E-state index contributed by atoms with van der Waals surface area (Å²) in [6, 6.07) is 9.18. The number of aromatic nitrogens is 2. The van der Waals surface area contributed by atoms with Crippen LogP contribution in [0.3, 0.4) is 0 Å². The normalized spacial score (nSPS) is 10.6. The molecular formula is C15H16N4O2S. The molecule has 2 aromatic rings. The lowest BCUT2D eigenvalue weighted by atomic mass is 10.2. The van der Waals surface area contributed by atoms with Crippen LogP contribution in [0.25, 0.3) is 0 Å². The molecule has 1 amide bonds. The van der Waals surface area contributed by atoms with E-state index in [1.807, 2.05) is 31.2 Å². The lowest BCUT2D eigenvalue weighted by molar-refractivity contribution is -0.118. The van der Waals surface area contributed by atoms with Gasteiger partial charge in [-0.15, -0.1) is 0 Å². The number of carbonyl (C=O) groups excluding carboxylic acids is 1. The molecular weight excluding hydrogens is 300 g/mol. The van der Waals surface area contributed by atoms with Crippen LogP contribution >= 0.6 is 11.8 Å². The molecule has 0 spiro atoms. The van der Waals surface area contributed by atoms with Crippen molar-refractivity contribution in [3.05, 3.63) is 48.3 Å². The number of hydrazone groups is 1. The SMILES string of the molecule is CCOc1ccc(/C=N/NC(=O)CSc2ncccn2)cc1. The van der Waals surface area contributed by atoms with E-state index >= 15 is 0 Å². The van der Waals surface area contributed by atoms with E-state index in [2.05, 4.69) is 20.5 Å². The van der Waals surface area contributed by atoms with Gasteiger partial charge in [0.1, 0.15) is 5.75 Å². The molecule has 0 atom stereocenters. The van der Waals surface area contributed by atoms with E-state index in [0.717, 1.165) is 11.3 Å². The number of carbonyl (C=O) groups is 1. The Hall–Kier alpha value is -2.41. The Kier molecular flexibility index (Phi) is 6.38. The van der Waals surface area contributed by atoms with Crippen LogP contribution in [-0.2, 0) is 4.79 Å². The average Bonchev–Trinajstić information content (AvgIpc) is 2.56. The summed E-state index contributed by atoms with van der Waals surface area (Å²) in [5, 5.41) is 4.47. The van der Waals surface area contributed by atoms with Gasteiger partial charge in [-0.1, -0.05) is 11.8 Å². The lowest BCUT2D eigenvalue weighted by Gasteiger charge is -2.02. The van der Waals surface area contributed by atoms with Gasteiger partial charge < -0.3 is 4.74 Å². The molecule has 0 saturated heterocycles. The molecule has 2 rings (SSSR count). The predicted molar refractivity (Wildman–Crippen MR) is 86.1 cm³/mol. The molecule has 0 aliphatic rings. The molecule has 0 fully saturated rings. The van der Waals surface area contributed by atoms with E-state index in [-0.39, 0.29) is 11.7 Å². The first-order valence-corrected chi connectivity index (χ1v) is 7.71. The number of hydrogen-bond donors (Lipinski definition) is 1. The van der Waals surface area contributed by atoms with Gasteiger partial charge in [0.25, 0.3) is 5.91 Å².